The number of aromatic amines is 1. The Hall–Kier alpha value is -1.88. The number of aromatic nitrogens is 2. The van der Waals surface area contributed by atoms with E-state index >= 15 is 0 Å². The number of methoxy groups -OCH3 is 1. The molecule has 2 N–H and O–H groups in total. The van der Waals surface area contributed by atoms with Crippen LogP contribution in [0.4, 0.5) is 0 Å². The molecular formula is C12H13N3O2. The highest BCUT2D eigenvalue weighted by molar-refractivity contribution is 5.84. The largest absolute Gasteiger partial charge is 0.468 e. The van der Waals surface area contributed by atoms with Crippen LogP contribution in [-0.2, 0) is 22.5 Å². The van der Waals surface area contributed by atoms with Crippen LogP contribution in [0.1, 0.15) is 11.3 Å². The van der Waals surface area contributed by atoms with Crippen LogP contribution < -0.4 is 5.32 Å². The van der Waals surface area contributed by atoms with Crippen molar-refractivity contribution in [2.75, 3.05) is 7.11 Å². The number of nitrogens with zero attached hydrogens (tertiary/aromatic N) is 1. The van der Waals surface area contributed by atoms with E-state index < -0.39 is 0 Å². The van der Waals surface area contributed by atoms with E-state index in [1.807, 2.05) is 12.1 Å². The second-order valence-corrected chi connectivity index (χ2v) is 4.14. The molecule has 3 heterocycles. The van der Waals surface area contributed by atoms with Gasteiger partial charge in [-0.15, -0.1) is 0 Å². The molecule has 2 aromatic rings. The van der Waals surface area contributed by atoms with Gasteiger partial charge in [-0.25, -0.2) is 4.98 Å². The predicted octanol–water partition coefficient (Wildman–Crippen LogP) is 0.750. The maximum absolute atomic E-state index is 11.5. The fourth-order valence-corrected chi connectivity index (χ4v) is 2.32. The lowest BCUT2D eigenvalue weighted by Crippen LogP contribution is -2.42. The number of ether oxygens (including phenoxy) is 1. The van der Waals surface area contributed by atoms with E-state index in [0.717, 1.165) is 16.7 Å². The summed E-state index contributed by atoms with van der Waals surface area (Å²) in [5, 5.41) is 4.25. The number of carbonyl (C=O) groups excluding carboxylic acids is 1. The number of hydrogen-bond donors (Lipinski definition) is 2. The van der Waals surface area contributed by atoms with Crippen molar-refractivity contribution in [2.24, 2.45) is 0 Å². The summed E-state index contributed by atoms with van der Waals surface area (Å²) in [6, 6.07) is 3.68. The highest BCUT2D eigenvalue weighted by Gasteiger charge is 2.27. The third-order valence-electron chi connectivity index (χ3n) is 3.19. The molecule has 17 heavy (non-hydrogen) atoms. The van der Waals surface area contributed by atoms with Crippen LogP contribution in [0, 0.1) is 0 Å². The van der Waals surface area contributed by atoms with Crippen LogP contribution in [-0.4, -0.2) is 29.1 Å². The smallest absolute Gasteiger partial charge is 0.323 e. The molecule has 0 amide bonds. The van der Waals surface area contributed by atoms with E-state index in [4.69, 9.17) is 4.74 Å². The molecule has 1 unspecified atom stereocenters. The van der Waals surface area contributed by atoms with Gasteiger partial charge in [0, 0.05) is 30.2 Å². The van der Waals surface area contributed by atoms with Crippen molar-refractivity contribution in [1.82, 2.24) is 15.3 Å². The number of pyridine rings is 1. The van der Waals surface area contributed by atoms with Gasteiger partial charge in [-0.05, 0) is 17.7 Å². The summed E-state index contributed by atoms with van der Waals surface area (Å²) < 4.78 is 4.77. The maximum atomic E-state index is 11.5. The van der Waals surface area contributed by atoms with Gasteiger partial charge in [0.1, 0.15) is 11.7 Å². The summed E-state index contributed by atoms with van der Waals surface area (Å²) in [7, 11) is 1.41. The maximum Gasteiger partial charge on any atom is 0.323 e. The summed E-state index contributed by atoms with van der Waals surface area (Å²) in [5.41, 5.74) is 3.16. The minimum absolute atomic E-state index is 0.214. The summed E-state index contributed by atoms with van der Waals surface area (Å²) in [6.07, 6.45) is 2.41. The molecule has 1 atom stereocenters. The number of fused-ring (bicyclic) bond motifs is 3. The lowest BCUT2D eigenvalue weighted by atomic mass is 9.99. The van der Waals surface area contributed by atoms with E-state index in [1.54, 1.807) is 6.20 Å². The molecule has 5 heteroatoms. The quantitative estimate of drug-likeness (QED) is 0.711. The van der Waals surface area contributed by atoms with Crippen molar-refractivity contribution in [3.05, 3.63) is 29.6 Å². The molecule has 0 spiro atoms. The Morgan fingerprint density at radius 1 is 1.59 bits per heavy atom. The molecule has 5 nitrogen and oxygen atoms in total. The number of carbonyl (C=O) groups is 1. The monoisotopic (exact) mass is 231 g/mol. The Morgan fingerprint density at radius 2 is 2.47 bits per heavy atom. The topological polar surface area (TPSA) is 67.0 Å². The van der Waals surface area contributed by atoms with Gasteiger partial charge in [0.05, 0.1) is 7.11 Å². The van der Waals surface area contributed by atoms with Crippen LogP contribution in [0.2, 0.25) is 0 Å². The summed E-state index contributed by atoms with van der Waals surface area (Å²) in [5.74, 6) is -0.214. The van der Waals surface area contributed by atoms with Crippen LogP contribution in [0.5, 0.6) is 0 Å². The van der Waals surface area contributed by atoms with Crippen LogP contribution in [0.25, 0.3) is 11.0 Å². The third-order valence-corrected chi connectivity index (χ3v) is 3.19. The first-order chi connectivity index (χ1) is 8.29. The molecule has 0 aliphatic carbocycles. The second-order valence-electron chi connectivity index (χ2n) is 4.14. The Bertz CT molecular complexity index is 576. The average Bonchev–Trinajstić information content (AvgIpc) is 2.75. The zero-order valence-corrected chi connectivity index (χ0v) is 9.49. The van der Waals surface area contributed by atoms with E-state index in [1.165, 1.54) is 12.7 Å². The second kappa shape index (κ2) is 3.85. The van der Waals surface area contributed by atoms with Gasteiger partial charge < -0.3 is 9.72 Å². The molecule has 0 saturated heterocycles. The molecule has 0 saturated carbocycles. The van der Waals surface area contributed by atoms with Crippen LogP contribution in [0.3, 0.4) is 0 Å². The molecule has 0 bridgehead atoms. The van der Waals surface area contributed by atoms with Gasteiger partial charge in [-0.1, -0.05) is 0 Å². The van der Waals surface area contributed by atoms with E-state index in [0.29, 0.717) is 13.0 Å². The van der Waals surface area contributed by atoms with E-state index in [2.05, 4.69) is 15.3 Å². The fraction of sp³-hybridized carbons (Fsp3) is 0.333. The normalized spacial score (nSPS) is 19.0. The Balaban J connectivity index is 2.03. The summed E-state index contributed by atoms with van der Waals surface area (Å²) >= 11 is 0. The number of hydrogen-bond acceptors (Lipinski definition) is 4. The molecular weight excluding hydrogens is 218 g/mol. The lowest BCUT2D eigenvalue weighted by Gasteiger charge is -2.21. The van der Waals surface area contributed by atoms with Crippen molar-refractivity contribution >= 4 is 17.0 Å². The first-order valence-electron chi connectivity index (χ1n) is 5.55. The van der Waals surface area contributed by atoms with Crippen molar-refractivity contribution < 1.29 is 9.53 Å². The molecule has 88 valence electrons. The van der Waals surface area contributed by atoms with Crippen molar-refractivity contribution in [2.45, 2.75) is 19.0 Å². The fourth-order valence-electron chi connectivity index (χ4n) is 2.32. The minimum Gasteiger partial charge on any atom is -0.468 e. The highest BCUT2D eigenvalue weighted by Crippen LogP contribution is 2.25. The minimum atomic E-state index is -0.258. The van der Waals surface area contributed by atoms with Gasteiger partial charge in [0.25, 0.3) is 0 Å². The first kappa shape index (κ1) is 10.3. The summed E-state index contributed by atoms with van der Waals surface area (Å²) in [6.45, 7) is 0.644. The van der Waals surface area contributed by atoms with E-state index in [9.17, 15) is 4.79 Å². The zero-order chi connectivity index (χ0) is 11.8. The molecule has 1 aliphatic heterocycles. The third kappa shape index (κ3) is 1.59. The Morgan fingerprint density at radius 3 is 3.29 bits per heavy atom. The standard InChI is InChI=1S/C12H13N3O2/c1-17-12(16)9-5-8-7-3-2-4-13-11(7)15-10(8)6-14-9/h2-4,9,14H,5-6H2,1H3,(H,13,15). The predicted molar refractivity (Wildman–Crippen MR) is 62.4 cm³/mol. The SMILES string of the molecule is COC(=O)C1Cc2c([nH]c3ncccc23)CN1. The Kier molecular flexibility index (Phi) is 2.33. The van der Waals surface area contributed by atoms with Gasteiger partial charge in [-0.3, -0.25) is 10.1 Å². The zero-order valence-electron chi connectivity index (χ0n) is 9.49. The highest BCUT2D eigenvalue weighted by atomic mass is 16.5. The molecule has 1 aliphatic rings. The van der Waals surface area contributed by atoms with Gasteiger partial charge in [0.15, 0.2) is 0 Å². The van der Waals surface area contributed by atoms with Gasteiger partial charge in [-0.2, -0.15) is 0 Å². The molecule has 0 fully saturated rings. The van der Waals surface area contributed by atoms with Crippen molar-refractivity contribution in [3.63, 3.8) is 0 Å². The number of nitrogens with one attached hydrogen (secondary N) is 2. The van der Waals surface area contributed by atoms with Crippen LogP contribution >= 0.6 is 0 Å². The number of H-pyrrole nitrogens is 1. The summed E-state index contributed by atoms with van der Waals surface area (Å²) in [4.78, 5) is 19.1. The molecule has 2 aromatic heterocycles. The van der Waals surface area contributed by atoms with Gasteiger partial charge >= 0.3 is 5.97 Å². The average molecular weight is 231 g/mol. The van der Waals surface area contributed by atoms with E-state index in [-0.39, 0.29) is 12.0 Å². The van der Waals surface area contributed by atoms with Crippen molar-refractivity contribution in [1.29, 1.82) is 0 Å². The molecule has 3 rings (SSSR count). The van der Waals surface area contributed by atoms with Gasteiger partial charge in [0.2, 0.25) is 0 Å². The van der Waals surface area contributed by atoms with Crippen molar-refractivity contribution in [3.8, 4) is 0 Å². The van der Waals surface area contributed by atoms with Crippen LogP contribution in [0.15, 0.2) is 18.3 Å². The Labute approximate surface area is 98.2 Å². The number of rotatable bonds is 1. The number of esters is 1. The first-order valence-corrected chi connectivity index (χ1v) is 5.55. The lowest BCUT2D eigenvalue weighted by molar-refractivity contribution is -0.143. The molecule has 0 aromatic carbocycles. The molecule has 0 radical (unpaired) electrons.